The summed E-state index contributed by atoms with van der Waals surface area (Å²) in [6, 6.07) is 6.05. The minimum Gasteiger partial charge on any atom is -0.508 e. The molecule has 0 radical (unpaired) electrons. The monoisotopic (exact) mass is 306 g/mol. The van der Waals surface area contributed by atoms with Gasteiger partial charge in [-0.25, -0.2) is 0 Å². The zero-order valence-corrected chi connectivity index (χ0v) is 13.2. The number of hydrogen-bond donors (Lipinski definition) is 3. The summed E-state index contributed by atoms with van der Waals surface area (Å²) >= 11 is 0. The van der Waals surface area contributed by atoms with Crippen molar-refractivity contribution in [1.29, 1.82) is 0 Å². The fourth-order valence-corrected chi connectivity index (χ4v) is 2.07. The Morgan fingerprint density at radius 1 is 0.955 bits per heavy atom. The minimum absolute atomic E-state index is 0.0374. The Balaban J connectivity index is 2.08. The topological polar surface area (TPSA) is 78.4 Å². The highest BCUT2D eigenvalue weighted by Gasteiger charge is 2.05. The van der Waals surface area contributed by atoms with Gasteiger partial charge in [-0.1, -0.05) is 32.6 Å². The van der Waals surface area contributed by atoms with E-state index in [1.54, 1.807) is 12.1 Å². The van der Waals surface area contributed by atoms with E-state index < -0.39 is 0 Å². The molecule has 0 unspecified atom stereocenters. The van der Waals surface area contributed by atoms with Crippen LogP contribution < -0.4 is 10.6 Å². The molecule has 1 rings (SSSR count). The SMILES string of the molecule is CCCCCCCC(=O)NCCNC(=O)c1ccc(O)cc1. The molecule has 0 spiro atoms. The van der Waals surface area contributed by atoms with Crippen molar-refractivity contribution in [3.63, 3.8) is 0 Å². The van der Waals surface area contributed by atoms with Crippen molar-refractivity contribution in [1.82, 2.24) is 10.6 Å². The lowest BCUT2D eigenvalue weighted by Crippen LogP contribution is -2.34. The average molecular weight is 306 g/mol. The van der Waals surface area contributed by atoms with E-state index in [1.165, 1.54) is 31.4 Å². The third kappa shape index (κ3) is 7.67. The largest absolute Gasteiger partial charge is 0.508 e. The fourth-order valence-electron chi connectivity index (χ4n) is 2.07. The minimum atomic E-state index is -0.214. The molecule has 22 heavy (non-hydrogen) atoms. The molecular weight excluding hydrogens is 280 g/mol. The highest BCUT2D eigenvalue weighted by Crippen LogP contribution is 2.09. The van der Waals surface area contributed by atoms with Gasteiger partial charge in [0, 0.05) is 25.1 Å². The quantitative estimate of drug-likeness (QED) is 0.581. The fraction of sp³-hybridized carbons (Fsp3) is 0.529. The summed E-state index contributed by atoms with van der Waals surface area (Å²) in [5, 5.41) is 14.7. The van der Waals surface area contributed by atoms with Crippen molar-refractivity contribution in [3.05, 3.63) is 29.8 Å². The second-order valence-electron chi connectivity index (χ2n) is 5.32. The molecule has 0 heterocycles. The Labute approximate surface area is 132 Å². The first kappa shape index (κ1) is 18.0. The summed E-state index contributed by atoms with van der Waals surface area (Å²) in [5.41, 5.74) is 0.486. The summed E-state index contributed by atoms with van der Waals surface area (Å²) in [5.74, 6) is -0.0491. The number of nitrogens with one attached hydrogen (secondary N) is 2. The van der Waals surface area contributed by atoms with E-state index in [9.17, 15) is 9.59 Å². The van der Waals surface area contributed by atoms with Crippen LogP contribution in [-0.4, -0.2) is 30.0 Å². The molecule has 1 aromatic carbocycles. The number of hydrogen-bond acceptors (Lipinski definition) is 3. The molecule has 1 aromatic rings. The second kappa shape index (κ2) is 10.7. The average Bonchev–Trinajstić information content (AvgIpc) is 2.52. The summed E-state index contributed by atoms with van der Waals surface area (Å²) in [6.07, 6.45) is 6.18. The van der Waals surface area contributed by atoms with E-state index in [1.807, 2.05) is 0 Å². The van der Waals surface area contributed by atoms with Gasteiger partial charge in [0.15, 0.2) is 0 Å². The maximum absolute atomic E-state index is 11.8. The van der Waals surface area contributed by atoms with Gasteiger partial charge in [0.25, 0.3) is 5.91 Å². The van der Waals surface area contributed by atoms with Crippen LogP contribution in [0.1, 0.15) is 55.8 Å². The predicted molar refractivity (Wildman–Crippen MR) is 86.8 cm³/mol. The highest BCUT2D eigenvalue weighted by atomic mass is 16.3. The molecule has 0 fully saturated rings. The van der Waals surface area contributed by atoms with E-state index in [-0.39, 0.29) is 17.6 Å². The first-order valence-corrected chi connectivity index (χ1v) is 7.97. The summed E-state index contributed by atoms with van der Waals surface area (Å²) in [6.45, 7) is 2.98. The van der Waals surface area contributed by atoms with E-state index in [4.69, 9.17) is 5.11 Å². The first-order valence-electron chi connectivity index (χ1n) is 7.97. The zero-order valence-electron chi connectivity index (χ0n) is 13.2. The van der Waals surface area contributed by atoms with Crippen molar-refractivity contribution in [2.75, 3.05) is 13.1 Å². The molecule has 0 aliphatic rings. The van der Waals surface area contributed by atoms with Crippen LogP contribution in [-0.2, 0) is 4.79 Å². The first-order chi connectivity index (χ1) is 10.6. The zero-order chi connectivity index (χ0) is 16.2. The van der Waals surface area contributed by atoms with E-state index >= 15 is 0 Å². The molecule has 0 atom stereocenters. The molecule has 122 valence electrons. The normalized spacial score (nSPS) is 10.2. The number of phenolic OH excluding ortho intramolecular Hbond substituents is 1. The lowest BCUT2D eigenvalue weighted by Gasteiger charge is -2.07. The molecule has 0 bridgehead atoms. The smallest absolute Gasteiger partial charge is 0.251 e. The number of carbonyl (C=O) groups is 2. The molecule has 0 saturated carbocycles. The van der Waals surface area contributed by atoms with Gasteiger partial charge >= 0.3 is 0 Å². The Morgan fingerprint density at radius 3 is 2.27 bits per heavy atom. The van der Waals surface area contributed by atoms with Gasteiger partial charge < -0.3 is 15.7 Å². The molecule has 0 aliphatic heterocycles. The molecule has 5 heteroatoms. The molecular formula is C17H26N2O3. The lowest BCUT2D eigenvalue weighted by atomic mass is 10.1. The van der Waals surface area contributed by atoms with Gasteiger partial charge in [0.2, 0.25) is 5.91 Å². The van der Waals surface area contributed by atoms with Crippen LogP contribution in [0, 0.1) is 0 Å². The van der Waals surface area contributed by atoms with E-state index in [2.05, 4.69) is 17.6 Å². The van der Waals surface area contributed by atoms with Gasteiger partial charge in [-0.05, 0) is 30.7 Å². The van der Waals surface area contributed by atoms with Crippen LogP contribution in [0.2, 0.25) is 0 Å². The van der Waals surface area contributed by atoms with Gasteiger partial charge in [-0.2, -0.15) is 0 Å². The number of carbonyl (C=O) groups excluding carboxylic acids is 2. The van der Waals surface area contributed by atoms with E-state index in [0.717, 1.165) is 12.8 Å². The van der Waals surface area contributed by atoms with E-state index in [0.29, 0.717) is 25.1 Å². The summed E-state index contributed by atoms with van der Waals surface area (Å²) < 4.78 is 0. The molecule has 0 aliphatic carbocycles. The Bertz CT molecular complexity index is 457. The van der Waals surface area contributed by atoms with Crippen LogP contribution in [0.25, 0.3) is 0 Å². The maximum atomic E-state index is 11.8. The number of benzene rings is 1. The molecule has 2 amide bonds. The van der Waals surface area contributed by atoms with Crippen molar-refractivity contribution >= 4 is 11.8 Å². The molecule has 3 N–H and O–H groups in total. The van der Waals surface area contributed by atoms with Gasteiger partial charge in [-0.3, -0.25) is 9.59 Å². The third-order valence-corrected chi connectivity index (χ3v) is 3.37. The highest BCUT2D eigenvalue weighted by molar-refractivity contribution is 5.94. The number of phenols is 1. The van der Waals surface area contributed by atoms with Crippen molar-refractivity contribution in [2.24, 2.45) is 0 Å². The second-order valence-corrected chi connectivity index (χ2v) is 5.32. The van der Waals surface area contributed by atoms with Crippen molar-refractivity contribution in [2.45, 2.75) is 45.4 Å². The summed E-state index contributed by atoms with van der Waals surface area (Å²) in [4.78, 5) is 23.3. The Kier molecular flexibility index (Phi) is 8.72. The van der Waals surface area contributed by atoms with Gasteiger partial charge in [0.05, 0.1) is 0 Å². The van der Waals surface area contributed by atoms with Crippen LogP contribution in [0.5, 0.6) is 5.75 Å². The van der Waals surface area contributed by atoms with Crippen LogP contribution in [0.15, 0.2) is 24.3 Å². The van der Waals surface area contributed by atoms with Crippen LogP contribution in [0.3, 0.4) is 0 Å². The van der Waals surface area contributed by atoms with Gasteiger partial charge in [-0.15, -0.1) is 0 Å². The number of rotatable bonds is 10. The lowest BCUT2D eigenvalue weighted by molar-refractivity contribution is -0.121. The number of unbranched alkanes of at least 4 members (excludes halogenated alkanes) is 4. The number of amides is 2. The third-order valence-electron chi connectivity index (χ3n) is 3.37. The maximum Gasteiger partial charge on any atom is 0.251 e. The van der Waals surface area contributed by atoms with Crippen molar-refractivity contribution < 1.29 is 14.7 Å². The van der Waals surface area contributed by atoms with Crippen molar-refractivity contribution in [3.8, 4) is 5.75 Å². The number of aromatic hydroxyl groups is 1. The predicted octanol–water partition coefficient (Wildman–Crippen LogP) is 2.60. The summed E-state index contributed by atoms with van der Waals surface area (Å²) in [7, 11) is 0. The van der Waals surface area contributed by atoms with Crippen LogP contribution >= 0.6 is 0 Å². The van der Waals surface area contributed by atoms with Crippen LogP contribution in [0.4, 0.5) is 0 Å². The molecule has 0 saturated heterocycles. The molecule has 0 aromatic heterocycles. The standard InChI is InChI=1S/C17H26N2O3/c1-2-3-4-5-6-7-16(21)18-12-13-19-17(22)14-8-10-15(20)11-9-14/h8-11,20H,2-7,12-13H2,1H3,(H,18,21)(H,19,22). The van der Waals surface area contributed by atoms with Gasteiger partial charge in [0.1, 0.15) is 5.75 Å². The Morgan fingerprint density at radius 2 is 1.59 bits per heavy atom. The Hall–Kier alpha value is -2.04. The molecule has 5 nitrogen and oxygen atoms in total.